The second kappa shape index (κ2) is 6.75. The zero-order valence-electron chi connectivity index (χ0n) is 12.6. The van der Waals surface area contributed by atoms with Crippen molar-refractivity contribution in [2.45, 2.75) is 38.8 Å². The van der Waals surface area contributed by atoms with Gasteiger partial charge in [-0.2, -0.15) is 0 Å². The van der Waals surface area contributed by atoms with Crippen molar-refractivity contribution in [2.24, 2.45) is 0 Å². The number of amides is 1. The molecule has 0 spiro atoms. The monoisotopic (exact) mass is 276 g/mol. The third kappa shape index (κ3) is 3.97. The van der Waals surface area contributed by atoms with Gasteiger partial charge in [0.25, 0.3) is 5.91 Å². The SMILES string of the molecule is CCNC(C)c1ccc(OCC(=O)N(C)C2CC2)cc1. The van der Waals surface area contributed by atoms with Crippen LogP contribution in [-0.4, -0.2) is 37.0 Å². The Hall–Kier alpha value is -1.55. The van der Waals surface area contributed by atoms with Crippen molar-refractivity contribution in [3.05, 3.63) is 29.8 Å². The topological polar surface area (TPSA) is 41.6 Å². The molecule has 0 aliphatic heterocycles. The molecule has 0 heterocycles. The molecule has 0 radical (unpaired) electrons. The van der Waals surface area contributed by atoms with Crippen molar-refractivity contribution >= 4 is 5.91 Å². The van der Waals surface area contributed by atoms with Crippen LogP contribution in [0.3, 0.4) is 0 Å². The summed E-state index contributed by atoms with van der Waals surface area (Å²) in [6.45, 7) is 5.29. The lowest BCUT2D eigenvalue weighted by Crippen LogP contribution is -2.33. The Kier molecular flexibility index (Phi) is 5.01. The van der Waals surface area contributed by atoms with Crippen molar-refractivity contribution < 1.29 is 9.53 Å². The maximum absolute atomic E-state index is 11.8. The average Bonchev–Trinajstić information content (AvgIpc) is 3.29. The number of nitrogens with one attached hydrogen (secondary N) is 1. The summed E-state index contributed by atoms with van der Waals surface area (Å²) in [5.41, 5.74) is 1.22. The molecule has 1 N–H and O–H groups in total. The summed E-state index contributed by atoms with van der Waals surface area (Å²) in [5, 5.41) is 3.36. The maximum Gasteiger partial charge on any atom is 0.260 e. The van der Waals surface area contributed by atoms with Gasteiger partial charge in [0, 0.05) is 19.1 Å². The van der Waals surface area contributed by atoms with Crippen LogP contribution in [0.1, 0.15) is 38.3 Å². The molecule has 4 nitrogen and oxygen atoms in total. The van der Waals surface area contributed by atoms with Gasteiger partial charge in [-0.05, 0) is 44.0 Å². The maximum atomic E-state index is 11.8. The number of benzene rings is 1. The van der Waals surface area contributed by atoms with Gasteiger partial charge in [0.05, 0.1) is 0 Å². The minimum Gasteiger partial charge on any atom is -0.484 e. The lowest BCUT2D eigenvalue weighted by atomic mass is 10.1. The van der Waals surface area contributed by atoms with E-state index in [-0.39, 0.29) is 12.5 Å². The Bertz CT molecular complexity index is 440. The molecule has 1 aromatic carbocycles. The predicted octanol–water partition coefficient (Wildman–Crippen LogP) is 2.36. The summed E-state index contributed by atoms with van der Waals surface area (Å²) in [6, 6.07) is 8.70. The number of likely N-dealkylation sites (N-methyl/N-ethyl adjacent to an activating group) is 1. The quantitative estimate of drug-likeness (QED) is 0.831. The number of carbonyl (C=O) groups is 1. The first kappa shape index (κ1) is 14.9. The van der Waals surface area contributed by atoms with Crippen molar-refractivity contribution in [2.75, 3.05) is 20.2 Å². The molecule has 1 aliphatic carbocycles. The fourth-order valence-corrected chi connectivity index (χ4v) is 2.19. The zero-order valence-corrected chi connectivity index (χ0v) is 12.6. The number of hydrogen-bond acceptors (Lipinski definition) is 3. The molecule has 4 heteroatoms. The van der Waals surface area contributed by atoms with Crippen LogP contribution < -0.4 is 10.1 Å². The Morgan fingerprint density at radius 3 is 2.60 bits per heavy atom. The molecule has 2 rings (SSSR count). The van der Waals surface area contributed by atoms with E-state index >= 15 is 0 Å². The lowest BCUT2D eigenvalue weighted by Gasteiger charge is -2.17. The number of ether oxygens (including phenoxy) is 1. The number of nitrogens with zero attached hydrogens (tertiary/aromatic N) is 1. The molecule has 0 aromatic heterocycles. The van der Waals surface area contributed by atoms with E-state index in [2.05, 4.69) is 19.2 Å². The highest BCUT2D eigenvalue weighted by Crippen LogP contribution is 2.25. The van der Waals surface area contributed by atoms with E-state index in [1.54, 1.807) is 4.90 Å². The highest BCUT2D eigenvalue weighted by molar-refractivity contribution is 5.78. The average molecular weight is 276 g/mol. The van der Waals surface area contributed by atoms with Crippen molar-refractivity contribution in [3.63, 3.8) is 0 Å². The van der Waals surface area contributed by atoms with E-state index in [4.69, 9.17) is 4.74 Å². The van der Waals surface area contributed by atoms with Gasteiger partial charge in [0.1, 0.15) is 5.75 Å². The highest BCUT2D eigenvalue weighted by atomic mass is 16.5. The van der Waals surface area contributed by atoms with Crippen LogP contribution in [0.15, 0.2) is 24.3 Å². The molecule has 1 unspecified atom stereocenters. The summed E-state index contributed by atoms with van der Waals surface area (Å²) in [4.78, 5) is 13.6. The number of carbonyl (C=O) groups excluding carboxylic acids is 1. The van der Waals surface area contributed by atoms with Gasteiger partial charge in [0.2, 0.25) is 0 Å². The molecule has 1 atom stereocenters. The predicted molar refractivity (Wildman–Crippen MR) is 79.8 cm³/mol. The minimum absolute atomic E-state index is 0.0533. The van der Waals surface area contributed by atoms with Crippen LogP contribution in [0.5, 0.6) is 5.75 Å². The summed E-state index contributed by atoms with van der Waals surface area (Å²) in [6.07, 6.45) is 2.25. The van der Waals surface area contributed by atoms with Gasteiger partial charge in [-0.1, -0.05) is 19.1 Å². The molecule has 110 valence electrons. The normalized spacial score (nSPS) is 15.8. The van der Waals surface area contributed by atoms with Gasteiger partial charge in [-0.15, -0.1) is 0 Å². The lowest BCUT2D eigenvalue weighted by molar-refractivity contribution is -0.132. The minimum atomic E-state index is 0.0533. The van der Waals surface area contributed by atoms with Gasteiger partial charge in [0.15, 0.2) is 6.61 Å². The summed E-state index contributed by atoms with van der Waals surface area (Å²) in [5.74, 6) is 0.799. The number of rotatable bonds is 7. The number of hydrogen-bond donors (Lipinski definition) is 1. The molecule has 1 aromatic rings. The van der Waals surface area contributed by atoms with Crippen LogP contribution in [0.25, 0.3) is 0 Å². The Morgan fingerprint density at radius 2 is 2.05 bits per heavy atom. The molecule has 0 saturated heterocycles. The van der Waals surface area contributed by atoms with E-state index in [1.807, 2.05) is 31.3 Å². The fourth-order valence-electron chi connectivity index (χ4n) is 2.19. The van der Waals surface area contributed by atoms with Crippen molar-refractivity contribution in [1.29, 1.82) is 0 Å². The molecule has 1 aliphatic rings. The van der Waals surface area contributed by atoms with Gasteiger partial charge in [-0.3, -0.25) is 4.79 Å². The molecular formula is C16H24N2O2. The summed E-state index contributed by atoms with van der Waals surface area (Å²) < 4.78 is 5.55. The second-order valence-electron chi connectivity index (χ2n) is 5.37. The van der Waals surface area contributed by atoms with E-state index in [9.17, 15) is 4.79 Å². The first-order valence-electron chi connectivity index (χ1n) is 7.33. The molecular weight excluding hydrogens is 252 g/mol. The molecule has 1 amide bonds. The summed E-state index contributed by atoms with van der Waals surface area (Å²) >= 11 is 0. The van der Waals surface area contributed by atoms with Gasteiger partial charge >= 0.3 is 0 Å². The standard InChI is InChI=1S/C16H24N2O2/c1-4-17-12(2)13-5-9-15(10-6-13)20-11-16(19)18(3)14-7-8-14/h5-6,9-10,12,14,17H,4,7-8,11H2,1-3H3. The van der Waals surface area contributed by atoms with Gasteiger partial charge < -0.3 is 15.0 Å². The van der Waals surface area contributed by atoms with Crippen LogP contribution in [0, 0.1) is 0 Å². The van der Waals surface area contributed by atoms with Gasteiger partial charge in [-0.25, -0.2) is 0 Å². The van der Waals surface area contributed by atoms with Crippen LogP contribution in [0.4, 0.5) is 0 Å². The fraction of sp³-hybridized carbons (Fsp3) is 0.562. The van der Waals surface area contributed by atoms with E-state index in [1.165, 1.54) is 5.56 Å². The van der Waals surface area contributed by atoms with Crippen LogP contribution in [-0.2, 0) is 4.79 Å². The molecule has 1 fully saturated rings. The third-order valence-electron chi connectivity index (χ3n) is 3.74. The first-order chi connectivity index (χ1) is 9.61. The van der Waals surface area contributed by atoms with E-state index < -0.39 is 0 Å². The third-order valence-corrected chi connectivity index (χ3v) is 3.74. The molecule has 20 heavy (non-hydrogen) atoms. The highest BCUT2D eigenvalue weighted by Gasteiger charge is 2.29. The van der Waals surface area contributed by atoms with Crippen LogP contribution >= 0.6 is 0 Å². The van der Waals surface area contributed by atoms with Crippen molar-refractivity contribution in [3.8, 4) is 5.75 Å². The van der Waals surface area contributed by atoms with Crippen LogP contribution in [0.2, 0.25) is 0 Å². The largest absolute Gasteiger partial charge is 0.484 e. The van der Waals surface area contributed by atoms with E-state index in [0.29, 0.717) is 12.1 Å². The molecule has 0 bridgehead atoms. The smallest absolute Gasteiger partial charge is 0.260 e. The summed E-state index contributed by atoms with van der Waals surface area (Å²) in [7, 11) is 1.85. The zero-order chi connectivity index (χ0) is 14.5. The first-order valence-corrected chi connectivity index (χ1v) is 7.33. The molecule has 1 saturated carbocycles. The Morgan fingerprint density at radius 1 is 1.40 bits per heavy atom. The van der Waals surface area contributed by atoms with Crippen molar-refractivity contribution in [1.82, 2.24) is 10.2 Å². The Labute approximate surface area is 121 Å². The second-order valence-corrected chi connectivity index (χ2v) is 5.37. The Balaban J connectivity index is 1.82. The van der Waals surface area contributed by atoms with E-state index in [0.717, 1.165) is 25.1 Å².